The molecular formula is C12H16O3. The van der Waals surface area contributed by atoms with Crippen LogP contribution in [0.4, 0.5) is 0 Å². The number of ether oxygens (including phenoxy) is 2. The van der Waals surface area contributed by atoms with Crippen LogP contribution in [0.5, 0.6) is 0 Å². The van der Waals surface area contributed by atoms with Crippen molar-refractivity contribution in [1.29, 1.82) is 0 Å². The summed E-state index contributed by atoms with van der Waals surface area (Å²) < 4.78 is 10.7. The molecule has 0 atom stereocenters. The number of benzene rings is 1. The van der Waals surface area contributed by atoms with Gasteiger partial charge in [-0.05, 0) is 17.5 Å². The van der Waals surface area contributed by atoms with Crippen LogP contribution in [0.15, 0.2) is 24.3 Å². The third-order valence-corrected chi connectivity index (χ3v) is 2.52. The van der Waals surface area contributed by atoms with Crippen LogP contribution in [0, 0.1) is 0 Å². The molecule has 0 saturated carbocycles. The molecule has 0 bridgehead atoms. The molecular weight excluding hydrogens is 192 g/mol. The predicted octanol–water partition coefficient (Wildman–Crippen LogP) is 1.14. The van der Waals surface area contributed by atoms with Gasteiger partial charge in [-0.25, -0.2) is 0 Å². The van der Waals surface area contributed by atoms with Crippen molar-refractivity contribution < 1.29 is 14.6 Å². The number of aliphatic hydroxyl groups is 1. The van der Waals surface area contributed by atoms with Gasteiger partial charge in [0.1, 0.15) is 0 Å². The Bertz CT molecular complexity index is 288. The Hall–Kier alpha value is -0.900. The lowest BCUT2D eigenvalue weighted by Crippen LogP contribution is -2.11. The zero-order valence-electron chi connectivity index (χ0n) is 8.69. The van der Waals surface area contributed by atoms with Crippen LogP contribution in [0.1, 0.15) is 11.1 Å². The average molecular weight is 208 g/mol. The highest BCUT2D eigenvalue weighted by atomic mass is 16.7. The fourth-order valence-electron chi connectivity index (χ4n) is 1.69. The van der Waals surface area contributed by atoms with Crippen molar-refractivity contribution in [2.24, 2.45) is 0 Å². The Labute approximate surface area is 89.6 Å². The Morgan fingerprint density at radius 1 is 1.07 bits per heavy atom. The van der Waals surface area contributed by atoms with Crippen LogP contribution in [0.25, 0.3) is 0 Å². The van der Waals surface area contributed by atoms with E-state index >= 15 is 0 Å². The molecule has 1 fully saturated rings. The van der Waals surface area contributed by atoms with Gasteiger partial charge in [0.2, 0.25) is 0 Å². The Kier molecular flexibility index (Phi) is 3.72. The minimum Gasteiger partial charge on any atom is -0.396 e. The molecule has 0 aromatic heterocycles. The first kappa shape index (κ1) is 10.6. The number of hydrogen-bond acceptors (Lipinski definition) is 3. The third-order valence-electron chi connectivity index (χ3n) is 2.52. The molecule has 0 amide bonds. The quantitative estimate of drug-likeness (QED) is 0.806. The van der Waals surface area contributed by atoms with Gasteiger partial charge in [0.05, 0.1) is 13.2 Å². The second-order valence-electron chi connectivity index (χ2n) is 3.67. The van der Waals surface area contributed by atoms with E-state index in [1.807, 2.05) is 12.1 Å². The summed E-state index contributed by atoms with van der Waals surface area (Å²) in [5.74, 6) is 0. The molecule has 15 heavy (non-hydrogen) atoms. The molecule has 82 valence electrons. The first-order valence-corrected chi connectivity index (χ1v) is 5.30. The minimum atomic E-state index is -0.0753. The zero-order chi connectivity index (χ0) is 10.5. The summed E-state index contributed by atoms with van der Waals surface area (Å²) in [6.45, 7) is 1.61. The van der Waals surface area contributed by atoms with E-state index < -0.39 is 0 Å². The van der Waals surface area contributed by atoms with Crippen molar-refractivity contribution in [3.63, 3.8) is 0 Å². The molecule has 0 spiro atoms. The van der Waals surface area contributed by atoms with Gasteiger partial charge in [-0.3, -0.25) is 0 Å². The number of aliphatic hydroxyl groups excluding tert-OH is 1. The van der Waals surface area contributed by atoms with E-state index in [0.29, 0.717) is 13.2 Å². The van der Waals surface area contributed by atoms with Crippen molar-refractivity contribution in [2.75, 3.05) is 19.8 Å². The standard InChI is InChI=1S/C12H16O3/c13-6-5-10-1-3-11(4-2-10)9-12-14-7-8-15-12/h1-4,12-13H,5-9H2. The van der Waals surface area contributed by atoms with Crippen molar-refractivity contribution in [3.05, 3.63) is 35.4 Å². The highest BCUT2D eigenvalue weighted by Gasteiger charge is 2.15. The van der Waals surface area contributed by atoms with Crippen LogP contribution in [0.3, 0.4) is 0 Å². The van der Waals surface area contributed by atoms with Crippen LogP contribution in [-0.2, 0) is 22.3 Å². The van der Waals surface area contributed by atoms with Gasteiger partial charge in [0, 0.05) is 13.0 Å². The van der Waals surface area contributed by atoms with Gasteiger partial charge >= 0.3 is 0 Å². The summed E-state index contributed by atoms with van der Waals surface area (Å²) >= 11 is 0. The SMILES string of the molecule is OCCc1ccc(CC2OCCO2)cc1. The van der Waals surface area contributed by atoms with Gasteiger partial charge < -0.3 is 14.6 Å². The Balaban J connectivity index is 1.91. The normalized spacial score (nSPS) is 17.1. The molecule has 1 aromatic rings. The van der Waals surface area contributed by atoms with Crippen LogP contribution >= 0.6 is 0 Å². The molecule has 1 N–H and O–H groups in total. The summed E-state index contributed by atoms with van der Waals surface area (Å²) in [4.78, 5) is 0. The maximum Gasteiger partial charge on any atom is 0.161 e. The van der Waals surface area contributed by atoms with Gasteiger partial charge in [0.25, 0.3) is 0 Å². The maximum atomic E-state index is 8.78. The smallest absolute Gasteiger partial charge is 0.161 e. The molecule has 1 saturated heterocycles. The molecule has 3 nitrogen and oxygen atoms in total. The van der Waals surface area contributed by atoms with Gasteiger partial charge in [-0.2, -0.15) is 0 Å². The summed E-state index contributed by atoms with van der Waals surface area (Å²) in [6.07, 6.45) is 1.45. The number of hydrogen-bond donors (Lipinski definition) is 1. The highest BCUT2D eigenvalue weighted by Crippen LogP contribution is 2.12. The maximum absolute atomic E-state index is 8.78. The summed E-state index contributed by atoms with van der Waals surface area (Å²) in [7, 11) is 0. The number of rotatable bonds is 4. The second kappa shape index (κ2) is 5.26. The van der Waals surface area contributed by atoms with E-state index in [2.05, 4.69) is 12.1 Å². The second-order valence-corrected chi connectivity index (χ2v) is 3.67. The Morgan fingerprint density at radius 2 is 1.67 bits per heavy atom. The monoisotopic (exact) mass is 208 g/mol. The lowest BCUT2D eigenvalue weighted by atomic mass is 10.1. The van der Waals surface area contributed by atoms with Crippen molar-refractivity contribution in [3.8, 4) is 0 Å². The molecule has 3 heteroatoms. The lowest BCUT2D eigenvalue weighted by molar-refractivity contribution is -0.0399. The minimum absolute atomic E-state index is 0.0753. The van der Waals surface area contributed by atoms with Gasteiger partial charge in [0.15, 0.2) is 6.29 Å². The molecule has 1 aliphatic rings. The van der Waals surface area contributed by atoms with Crippen molar-refractivity contribution in [2.45, 2.75) is 19.1 Å². The zero-order valence-corrected chi connectivity index (χ0v) is 8.69. The molecule has 0 unspecified atom stereocenters. The first-order valence-electron chi connectivity index (χ1n) is 5.30. The van der Waals surface area contributed by atoms with Crippen molar-refractivity contribution >= 4 is 0 Å². The van der Waals surface area contributed by atoms with Gasteiger partial charge in [-0.15, -0.1) is 0 Å². The van der Waals surface area contributed by atoms with Crippen LogP contribution in [-0.4, -0.2) is 31.2 Å². The van der Waals surface area contributed by atoms with Crippen LogP contribution in [0.2, 0.25) is 0 Å². The molecule has 1 aromatic carbocycles. The molecule has 0 aliphatic carbocycles. The van der Waals surface area contributed by atoms with Crippen LogP contribution < -0.4 is 0 Å². The first-order chi connectivity index (χ1) is 7.38. The average Bonchev–Trinajstić information content (AvgIpc) is 2.74. The topological polar surface area (TPSA) is 38.7 Å². The lowest BCUT2D eigenvalue weighted by Gasteiger charge is -2.09. The third kappa shape index (κ3) is 3.02. The van der Waals surface area contributed by atoms with E-state index in [4.69, 9.17) is 14.6 Å². The van der Waals surface area contributed by atoms with E-state index in [-0.39, 0.29) is 12.9 Å². The largest absolute Gasteiger partial charge is 0.396 e. The molecule has 1 aliphatic heterocycles. The summed E-state index contributed by atoms with van der Waals surface area (Å²) in [6, 6.07) is 8.22. The predicted molar refractivity (Wildman–Crippen MR) is 56.6 cm³/mol. The van der Waals surface area contributed by atoms with Gasteiger partial charge in [-0.1, -0.05) is 24.3 Å². The molecule has 1 heterocycles. The fourth-order valence-corrected chi connectivity index (χ4v) is 1.69. The van der Waals surface area contributed by atoms with Crippen molar-refractivity contribution in [1.82, 2.24) is 0 Å². The highest BCUT2D eigenvalue weighted by molar-refractivity contribution is 5.23. The van der Waals surface area contributed by atoms with E-state index in [1.165, 1.54) is 5.56 Å². The summed E-state index contributed by atoms with van der Waals surface area (Å²) in [5.41, 5.74) is 2.37. The molecule has 0 radical (unpaired) electrons. The Morgan fingerprint density at radius 3 is 2.27 bits per heavy atom. The fraction of sp³-hybridized carbons (Fsp3) is 0.500. The summed E-state index contributed by atoms with van der Waals surface area (Å²) in [5, 5.41) is 8.78. The van der Waals surface area contributed by atoms with E-state index in [0.717, 1.165) is 18.4 Å². The van der Waals surface area contributed by atoms with E-state index in [1.54, 1.807) is 0 Å². The van der Waals surface area contributed by atoms with E-state index in [9.17, 15) is 0 Å². The molecule has 2 rings (SSSR count).